The molecule has 0 unspecified atom stereocenters. The van der Waals surface area contributed by atoms with Gasteiger partial charge in [0, 0.05) is 34.6 Å². The third kappa shape index (κ3) is 0.908. The van der Waals surface area contributed by atoms with Crippen LogP contribution in [0, 0.1) is 5.41 Å². The zero-order valence-corrected chi connectivity index (χ0v) is 12.8. The van der Waals surface area contributed by atoms with Crippen LogP contribution in [0.4, 0.5) is 5.69 Å². The largest absolute Gasteiger partial charge is 0.378 e. The molecule has 1 aromatic carbocycles. The molecule has 4 aliphatic heterocycles. The summed E-state index contributed by atoms with van der Waals surface area (Å²) in [5.74, 6) is 0. The number of fused-ring (bicyclic) bond motifs is 4. The fourth-order valence-corrected chi connectivity index (χ4v) is 7.79. The maximum atomic E-state index is 6.19. The van der Waals surface area contributed by atoms with Crippen LogP contribution < -0.4 is 5.32 Å². The number of ether oxygens (including phenoxy) is 1. The predicted octanol–water partition coefficient (Wildman–Crippen LogP) is 2.52. The van der Waals surface area contributed by atoms with E-state index in [2.05, 4.69) is 34.5 Å². The molecule has 4 atom stereocenters. The van der Waals surface area contributed by atoms with Crippen LogP contribution in [-0.2, 0) is 10.2 Å². The Morgan fingerprint density at radius 1 is 1.09 bits per heavy atom. The highest BCUT2D eigenvalue weighted by Crippen LogP contribution is 2.74. The Labute approximate surface area is 131 Å². The lowest BCUT2D eigenvalue weighted by atomic mass is 9.42. The van der Waals surface area contributed by atoms with Gasteiger partial charge in [0.25, 0.3) is 0 Å². The van der Waals surface area contributed by atoms with Crippen LogP contribution in [0.25, 0.3) is 0 Å². The number of hydrogen-bond acceptors (Lipinski definition) is 3. The van der Waals surface area contributed by atoms with Gasteiger partial charge in [-0.2, -0.15) is 0 Å². The molecule has 4 heterocycles. The number of rotatable bonds is 0. The third-order valence-electron chi connectivity index (χ3n) is 8.40. The van der Waals surface area contributed by atoms with Crippen molar-refractivity contribution in [2.24, 2.45) is 5.41 Å². The van der Waals surface area contributed by atoms with Crippen molar-refractivity contribution in [1.29, 1.82) is 0 Å². The summed E-state index contributed by atoms with van der Waals surface area (Å²) < 4.78 is 6.19. The fraction of sp³-hybridized carbons (Fsp3) is 0.684. The molecule has 3 spiro atoms. The van der Waals surface area contributed by atoms with E-state index in [1.807, 2.05) is 0 Å². The number of anilines is 1. The first-order chi connectivity index (χ1) is 10.8. The molecule has 1 aromatic rings. The topological polar surface area (TPSA) is 27.8 Å². The van der Waals surface area contributed by atoms with Crippen molar-refractivity contribution in [2.75, 3.05) is 18.4 Å². The highest BCUT2D eigenvalue weighted by Gasteiger charge is 2.80. The van der Waals surface area contributed by atoms with Crippen LogP contribution in [0.3, 0.4) is 0 Å². The smallest absolute Gasteiger partial charge is 0.0974 e. The van der Waals surface area contributed by atoms with Gasteiger partial charge < -0.3 is 10.1 Å². The van der Waals surface area contributed by atoms with Gasteiger partial charge in [-0.05, 0) is 50.3 Å². The second kappa shape index (κ2) is 3.11. The Morgan fingerprint density at radius 3 is 2.86 bits per heavy atom. The number of benzene rings is 1. The molecule has 0 aromatic heterocycles. The third-order valence-corrected chi connectivity index (χ3v) is 8.40. The maximum absolute atomic E-state index is 6.19. The summed E-state index contributed by atoms with van der Waals surface area (Å²) in [4.78, 5) is 2.82. The lowest BCUT2D eigenvalue weighted by Crippen LogP contribution is -2.74. The number of para-hydroxylation sites is 1. The summed E-state index contributed by atoms with van der Waals surface area (Å²) in [7, 11) is 0. The van der Waals surface area contributed by atoms with E-state index in [0.29, 0.717) is 28.6 Å². The van der Waals surface area contributed by atoms with Crippen molar-refractivity contribution < 1.29 is 4.74 Å². The van der Waals surface area contributed by atoms with Gasteiger partial charge in [-0.1, -0.05) is 18.2 Å². The first kappa shape index (κ1) is 11.5. The molecule has 0 amide bonds. The lowest BCUT2D eigenvalue weighted by Gasteiger charge is -2.66. The molecule has 22 heavy (non-hydrogen) atoms. The van der Waals surface area contributed by atoms with E-state index in [-0.39, 0.29) is 0 Å². The number of hydrogen-bond donors (Lipinski definition) is 1. The Balaban J connectivity index is 1.55. The summed E-state index contributed by atoms with van der Waals surface area (Å²) in [5.41, 5.74) is 4.21. The van der Waals surface area contributed by atoms with Crippen molar-refractivity contribution in [3.8, 4) is 0 Å². The van der Waals surface area contributed by atoms with Gasteiger partial charge in [0.2, 0.25) is 0 Å². The average molecular weight is 294 g/mol. The standard InChI is InChI=1S/C19H22N2O/c1-2-4-13-12(3-1)19-9-10-21-11-14-15(22-14)17(16(19)21)5-7-18(19,20-13)8-6-17/h1-4,14-16,20H,5-11H2/t14-,15-,16-,17?,18?,19+/m0/s1. The molecule has 6 fully saturated rings. The van der Waals surface area contributed by atoms with Crippen molar-refractivity contribution in [2.45, 2.75) is 61.3 Å². The number of nitrogens with zero attached hydrogens (tertiary/aromatic N) is 1. The molecular weight excluding hydrogens is 272 g/mol. The molecular formula is C19H22N2O. The van der Waals surface area contributed by atoms with Gasteiger partial charge in [0.05, 0.1) is 12.2 Å². The first-order valence-corrected chi connectivity index (χ1v) is 9.06. The second-order valence-corrected chi connectivity index (χ2v) is 8.70. The minimum atomic E-state index is 0.333. The van der Waals surface area contributed by atoms with E-state index in [4.69, 9.17) is 4.74 Å². The number of piperidine rings is 1. The number of epoxide rings is 1. The first-order valence-electron chi connectivity index (χ1n) is 9.06. The minimum Gasteiger partial charge on any atom is -0.378 e. The van der Waals surface area contributed by atoms with Gasteiger partial charge in [-0.25, -0.2) is 0 Å². The Morgan fingerprint density at radius 2 is 1.95 bits per heavy atom. The van der Waals surface area contributed by atoms with Gasteiger partial charge in [-0.3, -0.25) is 4.90 Å². The summed E-state index contributed by atoms with van der Waals surface area (Å²) in [6.07, 6.45) is 7.92. The summed E-state index contributed by atoms with van der Waals surface area (Å²) in [6, 6.07) is 9.92. The highest BCUT2D eigenvalue weighted by atomic mass is 16.6. The molecule has 0 radical (unpaired) electrons. The van der Waals surface area contributed by atoms with Crippen LogP contribution >= 0.6 is 0 Å². The molecule has 2 bridgehead atoms. The lowest BCUT2D eigenvalue weighted by molar-refractivity contribution is -0.0927. The summed E-state index contributed by atoms with van der Waals surface area (Å²) in [5, 5.41) is 4.05. The fourth-order valence-electron chi connectivity index (χ4n) is 7.79. The molecule has 3 nitrogen and oxygen atoms in total. The molecule has 7 aliphatic rings. The molecule has 1 N–H and O–H groups in total. The van der Waals surface area contributed by atoms with Crippen LogP contribution in [-0.4, -0.2) is 41.8 Å². The van der Waals surface area contributed by atoms with E-state index < -0.39 is 0 Å². The van der Waals surface area contributed by atoms with Crippen molar-refractivity contribution in [3.63, 3.8) is 0 Å². The monoisotopic (exact) mass is 294 g/mol. The predicted molar refractivity (Wildman–Crippen MR) is 84.0 cm³/mol. The molecule has 3 saturated heterocycles. The van der Waals surface area contributed by atoms with Crippen LogP contribution in [0.2, 0.25) is 0 Å². The van der Waals surface area contributed by atoms with E-state index in [0.717, 1.165) is 6.04 Å². The van der Waals surface area contributed by atoms with E-state index >= 15 is 0 Å². The molecule has 8 rings (SSSR count). The number of nitrogens with one attached hydrogen (secondary N) is 1. The van der Waals surface area contributed by atoms with Gasteiger partial charge in [0.1, 0.15) is 0 Å². The minimum absolute atomic E-state index is 0.333. The second-order valence-electron chi connectivity index (χ2n) is 8.70. The van der Waals surface area contributed by atoms with Gasteiger partial charge in [-0.15, -0.1) is 0 Å². The van der Waals surface area contributed by atoms with Crippen molar-refractivity contribution >= 4 is 5.69 Å². The highest BCUT2D eigenvalue weighted by molar-refractivity contribution is 5.68. The average Bonchev–Trinajstić information content (AvgIpc) is 3.14. The Bertz CT molecular complexity index is 707. The summed E-state index contributed by atoms with van der Waals surface area (Å²) in [6.45, 7) is 2.47. The van der Waals surface area contributed by atoms with Crippen LogP contribution in [0.5, 0.6) is 0 Å². The summed E-state index contributed by atoms with van der Waals surface area (Å²) >= 11 is 0. The molecule has 3 aliphatic carbocycles. The van der Waals surface area contributed by atoms with E-state index in [1.165, 1.54) is 50.9 Å². The van der Waals surface area contributed by atoms with Crippen molar-refractivity contribution in [3.05, 3.63) is 29.8 Å². The van der Waals surface area contributed by atoms with Crippen LogP contribution in [0.15, 0.2) is 24.3 Å². The zero-order chi connectivity index (χ0) is 14.2. The van der Waals surface area contributed by atoms with Crippen LogP contribution in [0.1, 0.15) is 37.7 Å². The Hall–Kier alpha value is -1.06. The maximum Gasteiger partial charge on any atom is 0.0974 e. The van der Waals surface area contributed by atoms with Crippen molar-refractivity contribution in [1.82, 2.24) is 4.90 Å². The SMILES string of the molecule is c1ccc2c(c1)NC13CCC4(CC1)[C@H]1O[C@H]1CN1CC[C@]23[C@@H]14. The molecule has 114 valence electrons. The Kier molecular flexibility index (Phi) is 1.62. The van der Waals surface area contributed by atoms with E-state index in [1.54, 1.807) is 5.56 Å². The normalized spacial score (nSPS) is 55.9. The quantitative estimate of drug-likeness (QED) is 0.745. The molecule has 3 heteroatoms. The van der Waals surface area contributed by atoms with Gasteiger partial charge in [0.15, 0.2) is 0 Å². The van der Waals surface area contributed by atoms with E-state index in [9.17, 15) is 0 Å². The van der Waals surface area contributed by atoms with Gasteiger partial charge >= 0.3 is 0 Å². The molecule has 3 saturated carbocycles. The zero-order valence-electron chi connectivity index (χ0n) is 12.8.